The van der Waals surface area contributed by atoms with Crippen LogP contribution in [0.4, 0.5) is 6.01 Å². The van der Waals surface area contributed by atoms with Gasteiger partial charge in [-0.25, -0.2) is 0 Å². The zero-order chi connectivity index (χ0) is 15.1. The fourth-order valence-corrected chi connectivity index (χ4v) is 1.60. The maximum atomic E-state index is 11.7. The normalized spacial score (nSPS) is 12.2. The molecule has 1 N–H and O–H groups in total. The van der Waals surface area contributed by atoms with Crippen LogP contribution in [0.1, 0.15) is 39.1 Å². The van der Waals surface area contributed by atoms with Gasteiger partial charge in [-0.3, -0.25) is 4.79 Å². The summed E-state index contributed by atoms with van der Waals surface area (Å²) in [6, 6.07) is 0.405. The minimum atomic E-state index is 0.00348. The van der Waals surface area contributed by atoms with Gasteiger partial charge in [0.05, 0.1) is 6.04 Å². The van der Waals surface area contributed by atoms with E-state index in [1.54, 1.807) is 23.9 Å². The van der Waals surface area contributed by atoms with Gasteiger partial charge in [-0.1, -0.05) is 12.0 Å². The molecule has 1 rings (SSSR count). The van der Waals surface area contributed by atoms with Gasteiger partial charge in [0.25, 0.3) is 0 Å². The fourth-order valence-electron chi connectivity index (χ4n) is 1.60. The third kappa shape index (κ3) is 4.48. The Morgan fingerprint density at radius 2 is 2.05 bits per heavy atom. The lowest BCUT2D eigenvalue weighted by Crippen LogP contribution is -2.36. The molecule has 0 saturated carbocycles. The van der Waals surface area contributed by atoms with Crippen molar-refractivity contribution in [1.82, 2.24) is 20.4 Å². The second-order valence-corrected chi connectivity index (χ2v) is 4.90. The fraction of sp³-hybridized carbons (Fsp3) is 0.769. The first kappa shape index (κ1) is 16.4. The molecule has 0 saturated heterocycles. The van der Waals surface area contributed by atoms with Crippen molar-refractivity contribution in [1.29, 1.82) is 0 Å². The molecule has 0 bridgehead atoms. The molecule has 0 spiro atoms. The monoisotopic (exact) mass is 283 g/mol. The van der Waals surface area contributed by atoms with Crippen LogP contribution in [-0.2, 0) is 4.79 Å². The van der Waals surface area contributed by atoms with E-state index >= 15 is 0 Å². The van der Waals surface area contributed by atoms with Crippen LogP contribution in [0, 0.1) is 0 Å². The van der Waals surface area contributed by atoms with Crippen molar-refractivity contribution < 1.29 is 9.21 Å². The van der Waals surface area contributed by atoms with E-state index in [1.807, 2.05) is 13.8 Å². The average Bonchev–Trinajstić information content (AvgIpc) is 2.91. The summed E-state index contributed by atoms with van der Waals surface area (Å²) in [5.74, 6) is 0.549. The van der Waals surface area contributed by atoms with Gasteiger partial charge < -0.3 is 19.5 Å². The molecule has 0 aliphatic rings. The molecule has 1 unspecified atom stereocenters. The molecule has 114 valence electrons. The predicted octanol–water partition coefficient (Wildman–Crippen LogP) is 1.04. The quantitative estimate of drug-likeness (QED) is 0.768. The van der Waals surface area contributed by atoms with Crippen molar-refractivity contribution in [3.8, 4) is 0 Å². The highest BCUT2D eigenvalue weighted by Gasteiger charge is 2.19. The average molecular weight is 283 g/mol. The largest absolute Gasteiger partial charge is 0.406 e. The zero-order valence-corrected chi connectivity index (χ0v) is 13.0. The minimum absolute atomic E-state index is 0.00348. The van der Waals surface area contributed by atoms with E-state index in [9.17, 15) is 4.79 Å². The zero-order valence-electron chi connectivity index (χ0n) is 13.0. The molecule has 0 aliphatic heterocycles. The standard InChI is InChI=1S/C13H25N5O2/c1-6-8-14-10(3)12-15-16-13(20-12)18(7-2)9-11(19)17(4)5/h10,14H,6-9H2,1-5H3. The van der Waals surface area contributed by atoms with Gasteiger partial charge in [0, 0.05) is 20.6 Å². The van der Waals surface area contributed by atoms with Gasteiger partial charge in [-0.2, -0.15) is 0 Å². The highest BCUT2D eigenvalue weighted by molar-refractivity contribution is 5.80. The molecule has 1 aromatic heterocycles. The van der Waals surface area contributed by atoms with Crippen molar-refractivity contribution in [2.24, 2.45) is 0 Å². The highest BCUT2D eigenvalue weighted by atomic mass is 16.4. The van der Waals surface area contributed by atoms with Crippen LogP contribution in [0.3, 0.4) is 0 Å². The number of nitrogens with one attached hydrogen (secondary N) is 1. The van der Waals surface area contributed by atoms with Gasteiger partial charge >= 0.3 is 6.01 Å². The van der Waals surface area contributed by atoms with E-state index in [-0.39, 0.29) is 18.5 Å². The molecule has 1 atom stereocenters. The maximum Gasteiger partial charge on any atom is 0.318 e. The molecule has 1 amide bonds. The summed E-state index contributed by atoms with van der Waals surface area (Å²) in [6.07, 6.45) is 1.05. The SMILES string of the molecule is CCCNC(C)c1nnc(N(CC)CC(=O)N(C)C)o1. The molecule has 0 radical (unpaired) electrons. The van der Waals surface area contributed by atoms with E-state index in [1.165, 1.54) is 0 Å². The Hall–Kier alpha value is -1.63. The number of carbonyl (C=O) groups excluding carboxylic acids is 1. The lowest BCUT2D eigenvalue weighted by atomic mass is 10.3. The number of aromatic nitrogens is 2. The van der Waals surface area contributed by atoms with Crippen LogP contribution >= 0.6 is 0 Å². The summed E-state index contributed by atoms with van der Waals surface area (Å²) in [6.45, 7) is 7.81. The Bertz CT molecular complexity index is 419. The van der Waals surface area contributed by atoms with Crippen LogP contribution in [0.25, 0.3) is 0 Å². The lowest BCUT2D eigenvalue weighted by molar-refractivity contribution is -0.127. The molecule has 7 heteroatoms. The molecule has 7 nitrogen and oxygen atoms in total. The van der Waals surface area contributed by atoms with Crippen LogP contribution in [0.15, 0.2) is 4.42 Å². The van der Waals surface area contributed by atoms with Crippen molar-refractivity contribution in [2.75, 3.05) is 38.6 Å². The smallest absolute Gasteiger partial charge is 0.318 e. The Balaban J connectivity index is 2.70. The number of likely N-dealkylation sites (N-methyl/N-ethyl adjacent to an activating group) is 2. The second kappa shape index (κ2) is 7.84. The number of amides is 1. The van der Waals surface area contributed by atoms with Crippen molar-refractivity contribution >= 4 is 11.9 Å². The highest BCUT2D eigenvalue weighted by Crippen LogP contribution is 2.17. The van der Waals surface area contributed by atoms with E-state index in [0.717, 1.165) is 13.0 Å². The van der Waals surface area contributed by atoms with E-state index in [4.69, 9.17) is 4.42 Å². The van der Waals surface area contributed by atoms with Crippen LogP contribution in [0.5, 0.6) is 0 Å². The minimum Gasteiger partial charge on any atom is -0.406 e. The van der Waals surface area contributed by atoms with Gasteiger partial charge in [0.2, 0.25) is 11.8 Å². The van der Waals surface area contributed by atoms with Gasteiger partial charge in [0.1, 0.15) is 6.54 Å². The number of anilines is 1. The first-order valence-corrected chi connectivity index (χ1v) is 7.01. The van der Waals surface area contributed by atoms with E-state index in [2.05, 4.69) is 22.4 Å². The summed E-state index contributed by atoms with van der Waals surface area (Å²) >= 11 is 0. The Labute approximate surface area is 120 Å². The summed E-state index contributed by atoms with van der Waals surface area (Å²) in [4.78, 5) is 15.1. The molecular formula is C13H25N5O2. The number of hydrogen-bond donors (Lipinski definition) is 1. The van der Waals surface area contributed by atoms with E-state index in [0.29, 0.717) is 18.5 Å². The van der Waals surface area contributed by atoms with Gasteiger partial charge in [-0.15, -0.1) is 5.10 Å². The number of nitrogens with zero attached hydrogens (tertiary/aromatic N) is 4. The Kier molecular flexibility index (Phi) is 6.44. The van der Waals surface area contributed by atoms with Crippen molar-refractivity contribution in [2.45, 2.75) is 33.2 Å². The summed E-state index contributed by atoms with van der Waals surface area (Å²) < 4.78 is 5.65. The first-order chi connectivity index (χ1) is 9.49. The number of hydrogen-bond acceptors (Lipinski definition) is 6. The summed E-state index contributed by atoms with van der Waals surface area (Å²) in [5, 5.41) is 11.4. The third-order valence-electron chi connectivity index (χ3n) is 2.98. The topological polar surface area (TPSA) is 74.5 Å². The second-order valence-electron chi connectivity index (χ2n) is 4.90. The number of carbonyl (C=O) groups is 1. The van der Waals surface area contributed by atoms with E-state index < -0.39 is 0 Å². The summed E-state index contributed by atoms with van der Waals surface area (Å²) in [7, 11) is 3.46. The molecule has 0 aliphatic carbocycles. The predicted molar refractivity (Wildman–Crippen MR) is 77.6 cm³/mol. The van der Waals surface area contributed by atoms with Crippen molar-refractivity contribution in [3.63, 3.8) is 0 Å². The first-order valence-electron chi connectivity index (χ1n) is 7.01. The molecule has 1 aromatic rings. The molecule has 20 heavy (non-hydrogen) atoms. The van der Waals surface area contributed by atoms with Crippen LogP contribution in [-0.4, -0.2) is 54.7 Å². The van der Waals surface area contributed by atoms with Crippen LogP contribution < -0.4 is 10.2 Å². The van der Waals surface area contributed by atoms with Gasteiger partial charge in [-0.05, 0) is 26.8 Å². The van der Waals surface area contributed by atoms with Crippen molar-refractivity contribution in [3.05, 3.63) is 5.89 Å². The molecule has 1 heterocycles. The Morgan fingerprint density at radius 3 is 2.60 bits per heavy atom. The molecular weight excluding hydrogens is 258 g/mol. The van der Waals surface area contributed by atoms with Crippen LogP contribution in [0.2, 0.25) is 0 Å². The molecule has 0 aromatic carbocycles. The third-order valence-corrected chi connectivity index (χ3v) is 2.98. The summed E-state index contributed by atoms with van der Waals surface area (Å²) in [5.41, 5.74) is 0. The Morgan fingerprint density at radius 1 is 1.35 bits per heavy atom. The lowest BCUT2D eigenvalue weighted by Gasteiger charge is -2.19. The molecule has 0 fully saturated rings. The number of rotatable bonds is 8. The van der Waals surface area contributed by atoms with Gasteiger partial charge in [0.15, 0.2) is 0 Å². The maximum absolute atomic E-state index is 11.7.